The molecule has 1 aliphatic carbocycles. The van der Waals surface area contributed by atoms with Crippen LogP contribution in [0.2, 0.25) is 0 Å². The van der Waals surface area contributed by atoms with E-state index in [1.165, 1.54) is 12.1 Å². The second-order valence-electron chi connectivity index (χ2n) is 4.84. The van der Waals surface area contributed by atoms with E-state index in [1.807, 2.05) is 6.92 Å². The molecule has 4 heteroatoms. The molecule has 0 bridgehead atoms. The molecule has 1 nitrogen and oxygen atoms in total. The van der Waals surface area contributed by atoms with Gasteiger partial charge in [0.05, 0.1) is 5.56 Å². The Hall–Kier alpha value is -1.03. The molecule has 1 fully saturated rings. The Bertz CT molecular complexity index is 400. The van der Waals surface area contributed by atoms with Crippen molar-refractivity contribution in [1.82, 2.24) is 5.32 Å². The van der Waals surface area contributed by atoms with E-state index in [2.05, 4.69) is 5.32 Å². The van der Waals surface area contributed by atoms with Gasteiger partial charge in [-0.3, -0.25) is 0 Å². The summed E-state index contributed by atoms with van der Waals surface area (Å²) in [5, 5.41) is 3.23. The third-order valence-electron chi connectivity index (χ3n) is 3.74. The first-order valence-corrected chi connectivity index (χ1v) is 6.41. The predicted octanol–water partition coefficient (Wildman–Crippen LogP) is 3.81. The standard InChI is InChI=1S/C14H18F3N/c1-2-18-9-10-7-8-11(10)12-5-3-4-6-13(12)14(15,16)17/h3-6,10-11,18H,2,7-9H2,1H3. The van der Waals surface area contributed by atoms with Gasteiger partial charge in [0.2, 0.25) is 0 Å². The van der Waals surface area contributed by atoms with Gasteiger partial charge in [0.15, 0.2) is 0 Å². The lowest BCUT2D eigenvalue weighted by Crippen LogP contribution is -2.34. The highest BCUT2D eigenvalue weighted by Crippen LogP contribution is 2.46. The second-order valence-corrected chi connectivity index (χ2v) is 4.84. The molecule has 0 aliphatic heterocycles. The number of halogens is 3. The Balaban J connectivity index is 2.18. The zero-order valence-electron chi connectivity index (χ0n) is 10.4. The van der Waals surface area contributed by atoms with Crippen molar-refractivity contribution in [2.45, 2.75) is 31.9 Å². The van der Waals surface area contributed by atoms with Crippen LogP contribution in [-0.2, 0) is 6.18 Å². The Morgan fingerprint density at radius 3 is 2.50 bits per heavy atom. The summed E-state index contributed by atoms with van der Waals surface area (Å²) in [4.78, 5) is 0. The lowest BCUT2D eigenvalue weighted by atomic mass is 9.69. The van der Waals surface area contributed by atoms with Gasteiger partial charge in [0, 0.05) is 0 Å². The van der Waals surface area contributed by atoms with Crippen LogP contribution >= 0.6 is 0 Å². The predicted molar refractivity (Wildman–Crippen MR) is 65.5 cm³/mol. The molecule has 2 rings (SSSR count). The van der Waals surface area contributed by atoms with Crippen LogP contribution < -0.4 is 5.32 Å². The molecule has 0 heterocycles. The fraction of sp³-hybridized carbons (Fsp3) is 0.571. The Labute approximate surface area is 105 Å². The third-order valence-corrected chi connectivity index (χ3v) is 3.74. The molecule has 0 saturated heterocycles. The van der Waals surface area contributed by atoms with E-state index in [0.717, 1.165) is 25.9 Å². The highest BCUT2D eigenvalue weighted by atomic mass is 19.4. The smallest absolute Gasteiger partial charge is 0.317 e. The summed E-state index contributed by atoms with van der Waals surface area (Å²) < 4.78 is 38.8. The first-order valence-electron chi connectivity index (χ1n) is 6.41. The number of alkyl halides is 3. The summed E-state index contributed by atoms with van der Waals surface area (Å²) in [6, 6.07) is 5.99. The van der Waals surface area contributed by atoms with Crippen LogP contribution in [0.4, 0.5) is 13.2 Å². The van der Waals surface area contributed by atoms with E-state index in [9.17, 15) is 13.2 Å². The third kappa shape index (κ3) is 2.69. The lowest BCUT2D eigenvalue weighted by Gasteiger charge is -2.38. The zero-order chi connectivity index (χ0) is 13.2. The van der Waals surface area contributed by atoms with Gasteiger partial charge in [-0.05, 0) is 49.4 Å². The molecule has 0 radical (unpaired) electrons. The molecular formula is C14H18F3N. The van der Waals surface area contributed by atoms with Crippen LogP contribution in [-0.4, -0.2) is 13.1 Å². The minimum atomic E-state index is -4.24. The van der Waals surface area contributed by atoms with Crippen LogP contribution in [0.5, 0.6) is 0 Å². The average molecular weight is 257 g/mol. The monoisotopic (exact) mass is 257 g/mol. The molecule has 1 aromatic carbocycles. The normalized spacial score (nSPS) is 23.8. The molecular weight excluding hydrogens is 239 g/mol. The molecule has 1 N–H and O–H groups in total. The molecule has 1 saturated carbocycles. The van der Waals surface area contributed by atoms with Gasteiger partial charge in [-0.2, -0.15) is 13.2 Å². The summed E-state index contributed by atoms with van der Waals surface area (Å²) in [7, 11) is 0. The van der Waals surface area contributed by atoms with Gasteiger partial charge < -0.3 is 5.32 Å². The van der Waals surface area contributed by atoms with Gasteiger partial charge in [0.1, 0.15) is 0 Å². The molecule has 0 aromatic heterocycles. The topological polar surface area (TPSA) is 12.0 Å². The van der Waals surface area contributed by atoms with Crippen molar-refractivity contribution in [3.05, 3.63) is 35.4 Å². The molecule has 1 aromatic rings. The molecule has 0 amide bonds. The van der Waals surface area contributed by atoms with E-state index in [0.29, 0.717) is 11.5 Å². The van der Waals surface area contributed by atoms with E-state index in [1.54, 1.807) is 12.1 Å². The summed E-state index contributed by atoms with van der Waals surface area (Å²) in [5.74, 6) is 0.398. The lowest BCUT2D eigenvalue weighted by molar-refractivity contribution is -0.138. The van der Waals surface area contributed by atoms with Crippen LogP contribution in [0.25, 0.3) is 0 Å². The highest BCUT2D eigenvalue weighted by molar-refractivity contribution is 5.34. The summed E-state index contributed by atoms with van der Waals surface area (Å²) in [6.45, 7) is 3.69. The van der Waals surface area contributed by atoms with E-state index in [-0.39, 0.29) is 5.92 Å². The molecule has 2 unspecified atom stereocenters. The van der Waals surface area contributed by atoms with Gasteiger partial charge >= 0.3 is 6.18 Å². The average Bonchev–Trinajstić information content (AvgIpc) is 2.27. The van der Waals surface area contributed by atoms with Crippen LogP contribution in [0, 0.1) is 5.92 Å². The van der Waals surface area contributed by atoms with Crippen molar-refractivity contribution in [2.24, 2.45) is 5.92 Å². The van der Waals surface area contributed by atoms with Gasteiger partial charge in [-0.25, -0.2) is 0 Å². The number of benzene rings is 1. The first-order chi connectivity index (χ1) is 8.54. The maximum atomic E-state index is 12.9. The quantitative estimate of drug-likeness (QED) is 0.865. The van der Waals surface area contributed by atoms with Crippen LogP contribution in [0.3, 0.4) is 0 Å². The van der Waals surface area contributed by atoms with Crippen LogP contribution in [0.1, 0.15) is 36.8 Å². The number of hydrogen-bond acceptors (Lipinski definition) is 1. The zero-order valence-corrected chi connectivity index (χ0v) is 10.4. The van der Waals surface area contributed by atoms with Crippen molar-refractivity contribution in [3.63, 3.8) is 0 Å². The summed E-state index contributed by atoms with van der Waals surface area (Å²) >= 11 is 0. The maximum absolute atomic E-state index is 12.9. The van der Waals surface area contributed by atoms with Crippen molar-refractivity contribution in [2.75, 3.05) is 13.1 Å². The van der Waals surface area contributed by atoms with Crippen molar-refractivity contribution in [3.8, 4) is 0 Å². The number of nitrogens with one attached hydrogen (secondary N) is 1. The van der Waals surface area contributed by atoms with Crippen LogP contribution in [0.15, 0.2) is 24.3 Å². The van der Waals surface area contributed by atoms with Gasteiger partial charge in [0.25, 0.3) is 0 Å². The summed E-state index contributed by atoms with van der Waals surface area (Å²) in [5.41, 5.74) is 0.00958. The van der Waals surface area contributed by atoms with Gasteiger partial charge in [-0.1, -0.05) is 25.1 Å². The van der Waals surface area contributed by atoms with E-state index in [4.69, 9.17) is 0 Å². The molecule has 18 heavy (non-hydrogen) atoms. The Kier molecular flexibility index (Phi) is 3.95. The second kappa shape index (κ2) is 5.31. The van der Waals surface area contributed by atoms with Gasteiger partial charge in [-0.15, -0.1) is 0 Å². The summed E-state index contributed by atoms with van der Waals surface area (Å²) in [6.07, 6.45) is -2.36. The SMILES string of the molecule is CCNCC1CCC1c1ccccc1C(F)(F)F. The van der Waals surface area contributed by atoms with Crippen molar-refractivity contribution >= 4 is 0 Å². The largest absolute Gasteiger partial charge is 0.416 e. The molecule has 2 atom stereocenters. The highest BCUT2D eigenvalue weighted by Gasteiger charge is 2.39. The van der Waals surface area contributed by atoms with E-state index >= 15 is 0 Å². The number of rotatable bonds is 4. The molecule has 100 valence electrons. The van der Waals surface area contributed by atoms with E-state index < -0.39 is 11.7 Å². The minimum Gasteiger partial charge on any atom is -0.317 e. The fourth-order valence-corrected chi connectivity index (χ4v) is 2.63. The Morgan fingerprint density at radius 1 is 1.22 bits per heavy atom. The molecule has 1 aliphatic rings. The van der Waals surface area contributed by atoms with Crippen molar-refractivity contribution in [1.29, 1.82) is 0 Å². The fourth-order valence-electron chi connectivity index (χ4n) is 2.63. The first kappa shape index (κ1) is 13.4. The minimum absolute atomic E-state index is 0.0573. The van der Waals surface area contributed by atoms with Crippen molar-refractivity contribution < 1.29 is 13.2 Å². The molecule has 0 spiro atoms. The Morgan fingerprint density at radius 2 is 1.94 bits per heavy atom. The number of hydrogen-bond donors (Lipinski definition) is 1. The maximum Gasteiger partial charge on any atom is 0.416 e.